The van der Waals surface area contributed by atoms with Gasteiger partial charge in [0.15, 0.2) is 0 Å². The SMILES string of the molecule is COc1cccc(Oc2ncc(Br)c(OC)n2)c1. The lowest BCUT2D eigenvalue weighted by atomic mass is 10.3. The van der Waals surface area contributed by atoms with E-state index in [2.05, 4.69) is 25.9 Å². The van der Waals surface area contributed by atoms with Crippen LogP contribution in [0.4, 0.5) is 0 Å². The highest BCUT2D eigenvalue weighted by Gasteiger charge is 2.07. The van der Waals surface area contributed by atoms with Gasteiger partial charge in [0.05, 0.1) is 24.9 Å². The molecule has 6 heteroatoms. The van der Waals surface area contributed by atoms with Gasteiger partial charge in [-0.1, -0.05) is 6.07 Å². The highest BCUT2D eigenvalue weighted by molar-refractivity contribution is 9.10. The Morgan fingerprint density at radius 3 is 2.61 bits per heavy atom. The number of rotatable bonds is 4. The van der Waals surface area contributed by atoms with Crippen LogP contribution in [0.1, 0.15) is 0 Å². The summed E-state index contributed by atoms with van der Waals surface area (Å²) in [4.78, 5) is 8.13. The zero-order valence-corrected chi connectivity index (χ0v) is 11.5. The van der Waals surface area contributed by atoms with Crippen LogP contribution in [0.2, 0.25) is 0 Å². The highest BCUT2D eigenvalue weighted by atomic mass is 79.9. The molecule has 2 rings (SSSR count). The molecule has 0 saturated carbocycles. The summed E-state index contributed by atoms with van der Waals surface area (Å²) in [5.74, 6) is 1.72. The van der Waals surface area contributed by atoms with E-state index in [4.69, 9.17) is 14.2 Å². The first kappa shape index (κ1) is 12.6. The Hall–Kier alpha value is -1.82. The van der Waals surface area contributed by atoms with Crippen molar-refractivity contribution < 1.29 is 14.2 Å². The second-order valence-electron chi connectivity index (χ2n) is 3.29. The van der Waals surface area contributed by atoms with Crippen molar-refractivity contribution in [2.24, 2.45) is 0 Å². The summed E-state index contributed by atoms with van der Waals surface area (Å²) in [6.45, 7) is 0. The van der Waals surface area contributed by atoms with E-state index in [1.54, 1.807) is 25.4 Å². The molecule has 1 heterocycles. The molecular formula is C12H11BrN2O3. The predicted molar refractivity (Wildman–Crippen MR) is 69.4 cm³/mol. The molecule has 0 bridgehead atoms. The number of methoxy groups -OCH3 is 2. The van der Waals surface area contributed by atoms with Gasteiger partial charge in [0.1, 0.15) is 11.5 Å². The molecule has 0 amide bonds. The van der Waals surface area contributed by atoms with Crippen LogP contribution in [0.5, 0.6) is 23.4 Å². The van der Waals surface area contributed by atoms with Crippen molar-refractivity contribution >= 4 is 15.9 Å². The summed E-state index contributed by atoms with van der Waals surface area (Å²) in [6.07, 6.45) is 1.57. The van der Waals surface area contributed by atoms with Crippen LogP contribution in [-0.4, -0.2) is 24.2 Å². The van der Waals surface area contributed by atoms with Crippen molar-refractivity contribution in [3.05, 3.63) is 34.9 Å². The summed E-state index contributed by atoms with van der Waals surface area (Å²) in [5, 5.41) is 0. The average Bonchev–Trinajstić information content (AvgIpc) is 2.41. The molecule has 0 saturated heterocycles. The van der Waals surface area contributed by atoms with E-state index in [1.807, 2.05) is 12.1 Å². The standard InChI is InChI=1S/C12H11BrN2O3/c1-16-8-4-3-5-9(6-8)18-12-14-7-10(13)11(15-12)17-2/h3-7H,1-2H3. The van der Waals surface area contributed by atoms with E-state index < -0.39 is 0 Å². The molecule has 0 atom stereocenters. The van der Waals surface area contributed by atoms with Gasteiger partial charge in [-0.15, -0.1) is 0 Å². The van der Waals surface area contributed by atoms with E-state index in [9.17, 15) is 0 Å². The van der Waals surface area contributed by atoms with Gasteiger partial charge in [0.25, 0.3) is 0 Å². The van der Waals surface area contributed by atoms with Gasteiger partial charge in [0.2, 0.25) is 5.88 Å². The lowest BCUT2D eigenvalue weighted by Gasteiger charge is -2.07. The molecule has 18 heavy (non-hydrogen) atoms. The van der Waals surface area contributed by atoms with Crippen molar-refractivity contribution in [3.63, 3.8) is 0 Å². The summed E-state index contributed by atoms with van der Waals surface area (Å²) in [5.41, 5.74) is 0. The minimum absolute atomic E-state index is 0.211. The minimum Gasteiger partial charge on any atom is -0.497 e. The number of ether oxygens (including phenoxy) is 3. The molecule has 0 N–H and O–H groups in total. The second-order valence-corrected chi connectivity index (χ2v) is 4.15. The Balaban J connectivity index is 2.22. The van der Waals surface area contributed by atoms with Crippen LogP contribution in [-0.2, 0) is 0 Å². The first-order valence-corrected chi connectivity index (χ1v) is 5.90. The average molecular weight is 311 g/mol. The van der Waals surface area contributed by atoms with Crippen LogP contribution in [0.25, 0.3) is 0 Å². The number of benzene rings is 1. The Labute approximate surface area is 113 Å². The molecular weight excluding hydrogens is 300 g/mol. The van der Waals surface area contributed by atoms with Crippen molar-refractivity contribution in [1.82, 2.24) is 9.97 Å². The van der Waals surface area contributed by atoms with Crippen LogP contribution in [0.15, 0.2) is 34.9 Å². The molecule has 0 radical (unpaired) electrons. The Kier molecular flexibility index (Phi) is 3.99. The maximum absolute atomic E-state index is 5.52. The van der Waals surface area contributed by atoms with Crippen molar-refractivity contribution in [2.45, 2.75) is 0 Å². The zero-order chi connectivity index (χ0) is 13.0. The van der Waals surface area contributed by atoms with Gasteiger partial charge in [-0.25, -0.2) is 4.98 Å². The summed E-state index contributed by atoms with van der Waals surface area (Å²) >= 11 is 3.27. The van der Waals surface area contributed by atoms with Crippen molar-refractivity contribution in [2.75, 3.05) is 14.2 Å². The van der Waals surface area contributed by atoms with E-state index >= 15 is 0 Å². The molecule has 94 valence electrons. The van der Waals surface area contributed by atoms with Crippen molar-refractivity contribution in [3.8, 4) is 23.4 Å². The highest BCUT2D eigenvalue weighted by Crippen LogP contribution is 2.26. The van der Waals surface area contributed by atoms with Crippen LogP contribution < -0.4 is 14.2 Å². The Morgan fingerprint density at radius 2 is 1.89 bits per heavy atom. The number of nitrogens with zero attached hydrogens (tertiary/aromatic N) is 2. The van der Waals surface area contributed by atoms with Gasteiger partial charge >= 0.3 is 6.01 Å². The number of hydrogen-bond donors (Lipinski definition) is 0. The Morgan fingerprint density at radius 1 is 1.11 bits per heavy atom. The Bertz CT molecular complexity index is 549. The third kappa shape index (κ3) is 2.89. The quantitative estimate of drug-likeness (QED) is 0.868. The van der Waals surface area contributed by atoms with Crippen molar-refractivity contribution in [1.29, 1.82) is 0 Å². The fourth-order valence-electron chi connectivity index (χ4n) is 1.30. The van der Waals surface area contributed by atoms with Gasteiger partial charge in [-0.2, -0.15) is 4.98 Å². The fourth-order valence-corrected chi connectivity index (χ4v) is 1.65. The molecule has 1 aromatic carbocycles. The smallest absolute Gasteiger partial charge is 0.325 e. The summed E-state index contributed by atoms with van der Waals surface area (Å²) in [6, 6.07) is 7.40. The molecule has 0 unspecified atom stereocenters. The van der Waals surface area contributed by atoms with E-state index in [-0.39, 0.29) is 6.01 Å². The van der Waals surface area contributed by atoms with Crippen LogP contribution in [0, 0.1) is 0 Å². The van der Waals surface area contributed by atoms with E-state index in [0.29, 0.717) is 21.9 Å². The predicted octanol–water partition coefficient (Wildman–Crippen LogP) is 3.05. The molecule has 1 aromatic heterocycles. The van der Waals surface area contributed by atoms with Crippen LogP contribution >= 0.6 is 15.9 Å². The molecule has 0 spiro atoms. The maximum atomic E-state index is 5.52. The van der Waals surface area contributed by atoms with Gasteiger partial charge in [-0.05, 0) is 28.1 Å². The largest absolute Gasteiger partial charge is 0.497 e. The van der Waals surface area contributed by atoms with Gasteiger partial charge in [-0.3, -0.25) is 0 Å². The summed E-state index contributed by atoms with van der Waals surface area (Å²) < 4.78 is 16.4. The van der Waals surface area contributed by atoms with E-state index in [0.717, 1.165) is 0 Å². The third-order valence-corrected chi connectivity index (χ3v) is 2.68. The molecule has 0 aliphatic carbocycles. The molecule has 0 aliphatic heterocycles. The number of aromatic nitrogens is 2. The lowest BCUT2D eigenvalue weighted by Crippen LogP contribution is -1.95. The van der Waals surface area contributed by atoms with Crippen LogP contribution in [0.3, 0.4) is 0 Å². The second kappa shape index (κ2) is 5.68. The van der Waals surface area contributed by atoms with Gasteiger partial charge < -0.3 is 14.2 Å². The zero-order valence-electron chi connectivity index (χ0n) is 9.88. The number of halogens is 1. The number of hydrogen-bond acceptors (Lipinski definition) is 5. The van der Waals surface area contributed by atoms with E-state index in [1.165, 1.54) is 7.11 Å². The monoisotopic (exact) mass is 310 g/mol. The topological polar surface area (TPSA) is 53.5 Å². The molecule has 0 aliphatic rings. The first-order valence-electron chi connectivity index (χ1n) is 5.11. The maximum Gasteiger partial charge on any atom is 0.325 e. The fraction of sp³-hybridized carbons (Fsp3) is 0.167. The van der Waals surface area contributed by atoms with Gasteiger partial charge in [0, 0.05) is 6.07 Å². The third-order valence-electron chi connectivity index (χ3n) is 2.13. The first-order chi connectivity index (χ1) is 8.72. The summed E-state index contributed by atoms with van der Waals surface area (Å²) in [7, 11) is 3.13. The minimum atomic E-state index is 0.211. The molecule has 0 fully saturated rings. The molecule has 2 aromatic rings. The lowest BCUT2D eigenvalue weighted by molar-refractivity contribution is 0.371. The normalized spacial score (nSPS) is 9.94. The molecule has 5 nitrogen and oxygen atoms in total.